The Balaban J connectivity index is 1.24. The van der Waals surface area contributed by atoms with Crippen LogP contribution in [-0.2, 0) is 47.4 Å². The first-order chi connectivity index (χ1) is 32.8. The predicted octanol–water partition coefficient (Wildman–Crippen LogP) is -12.8. The van der Waals surface area contributed by atoms with Crippen molar-refractivity contribution in [1.82, 2.24) is 10.6 Å². The van der Waals surface area contributed by atoms with Crippen molar-refractivity contribution >= 4 is 6.16 Å². The fraction of sp³-hybridized carbons (Fsp3) is 0.974. The standard InChI is InChI=1S/C39H72N6O25/c1-9-38(59,31(69-33-17(44-3)25(54)19(48)11(5-46)65-33)35(63-9)67-29-15(42)21(50)13(40)23(52)27(29)56)7-61-37(58)62-8-39(60)10(2)64-36(68-30-16(43)22(51)14(41)24(53)28(30)57)32(39)70-34-18(45-4)26(55)20(49)12(6-47)66-34/h9-36,44-57,59-60H,5-8,40-43H2,1-4H3. The Bertz CT molecular complexity index is 1560. The molecule has 24 N–H and O–H groups in total. The number of carbonyl (C=O) groups is 1. The number of aliphatic hydroxyl groups is 14. The second-order valence-electron chi connectivity index (χ2n) is 18.7. The van der Waals surface area contributed by atoms with Crippen LogP contribution in [0.2, 0.25) is 0 Å². The van der Waals surface area contributed by atoms with E-state index in [1.807, 2.05) is 0 Å². The van der Waals surface area contributed by atoms with E-state index in [4.69, 9.17) is 70.3 Å². The first kappa shape index (κ1) is 57.4. The van der Waals surface area contributed by atoms with Gasteiger partial charge in [0.05, 0.1) is 73.9 Å². The first-order valence-corrected chi connectivity index (χ1v) is 22.7. The van der Waals surface area contributed by atoms with Crippen molar-refractivity contribution in [2.75, 3.05) is 40.5 Å². The van der Waals surface area contributed by atoms with E-state index < -0.39 is 215 Å². The van der Waals surface area contributed by atoms with Gasteiger partial charge in [-0.25, -0.2) is 4.79 Å². The number of rotatable bonds is 16. The molecule has 6 fully saturated rings. The fourth-order valence-electron chi connectivity index (χ4n) is 9.63. The maximum Gasteiger partial charge on any atom is 0.508 e. The molecule has 0 amide bonds. The lowest BCUT2D eigenvalue weighted by Crippen LogP contribution is -2.70. The van der Waals surface area contributed by atoms with E-state index in [9.17, 15) is 76.3 Å². The molecular formula is C39H72N6O25. The molecule has 70 heavy (non-hydrogen) atoms. The van der Waals surface area contributed by atoms with Crippen molar-refractivity contribution in [1.29, 1.82) is 0 Å². The molecule has 4 saturated heterocycles. The second-order valence-corrected chi connectivity index (χ2v) is 18.7. The lowest BCUT2D eigenvalue weighted by molar-refractivity contribution is -0.318. The SMILES string of the molecule is CNC1C(OC2C(OC3C(N)C(O)C(N)C(O)C3O)OC(C)C2(O)COC(=O)OCC2(O)C(C)OC(OC3C(N)C(O)C(N)C(O)C3O)C2OC2OC(CO)C(O)C(O)C2NC)OC(CO)C(O)C1O. The summed E-state index contributed by atoms with van der Waals surface area (Å²) in [6.07, 6.45) is -38.4. The molecule has 4 heterocycles. The molecule has 6 rings (SSSR count). The number of likely N-dealkylation sites (N-methyl/N-ethyl adjacent to an activating group) is 2. The lowest BCUT2D eigenvalue weighted by atomic mass is 9.82. The Kier molecular flexibility index (Phi) is 18.8. The molecule has 31 heteroatoms. The van der Waals surface area contributed by atoms with Crippen LogP contribution in [0.4, 0.5) is 4.79 Å². The summed E-state index contributed by atoms with van der Waals surface area (Å²) in [5.41, 5.74) is 18.9. The molecule has 0 radical (unpaired) electrons. The van der Waals surface area contributed by atoms with Crippen LogP contribution in [0.5, 0.6) is 0 Å². The quantitative estimate of drug-likeness (QED) is 0.0638. The maximum absolute atomic E-state index is 13.6. The maximum atomic E-state index is 13.6. The van der Waals surface area contributed by atoms with Crippen LogP contribution in [0.15, 0.2) is 0 Å². The third-order valence-corrected chi connectivity index (χ3v) is 14.5. The summed E-state index contributed by atoms with van der Waals surface area (Å²) in [7, 11) is 2.73. The van der Waals surface area contributed by atoms with Gasteiger partial charge in [0.1, 0.15) is 98.7 Å². The minimum atomic E-state index is -2.52. The fourth-order valence-corrected chi connectivity index (χ4v) is 9.63. The molecular weight excluding hydrogens is 952 g/mol. The van der Waals surface area contributed by atoms with Crippen molar-refractivity contribution < 1.29 is 124 Å². The van der Waals surface area contributed by atoms with Gasteiger partial charge in [-0.05, 0) is 27.9 Å². The van der Waals surface area contributed by atoms with Crippen LogP contribution in [0.25, 0.3) is 0 Å². The van der Waals surface area contributed by atoms with Gasteiger partial charge in [-0.15, -0.1) is 0 Å². The third kappa shape index (κ3) is 10.7. The molecule has 31 nitrogen and oxygen atoms in total. The minimum Gasteiger partial charge on any atom is -0.431 e. The number of nitrogens with one attached hydrogen (secondary N) is 2. The van der Waals surface area contributed by atoms with Gasteiger partial charge in [0.15, 0.2) is 36.4 Å². The predicted molar refractivity (Wildman–Crippen MR) is 225 cm³/mol. The van der Waals surface area contributed by atoms with E-state index in [0.717, 1.165) is 0 Å². The summed E-state index contributed by atoms with van der Waals surface area (Å²) >= 11 is 0. The highest BCUT2D eigenvalue weighted by atomic mass is 16.8. The number of hydrogen-bond donors (Lipinski definition) is 20. The van der Waals surface area contributed by atoms with Gasteiger partial charge in [0.2, 0.25) is 0 Å². The zero-order valence-electron chi connectivity index (χ0n) is 38.6. The third-order valence-electron chi connectivity index (χ3n) is 14.5. The molecule has 30 unspecified atom stereocenters. The molecule has 0 bridgehead atoms. The summed E-state index contributed by atoms with van der Waals surface area (Å²) in [5, 5.41) is 157. The molecule has 0 aromatic heterocycles. The highest BCUT2D eigenvalue weighted by molar-refractivity contribution is 5.60. The van der Waals surface area contributed by atoms with Gasteiger partial charge in [0.25, 0.3) is 0 Å². The Labute approximate surface area is 399 Å². The molecule has 408 valence electrons. The number of carbonyl (C=O) groups excluding carboxylic acids is 1. The Hall–Kier alpha value is -1.85. The first-order valence-electron chi connectivity index (χ1n) is 22.7. The Morgan fingerprint density at radius 1 is 0.486 bits per heavy atom. The van der Waals surface area contributed by atoms with E-state index >= 15 is 0 Å². The average molecular weight is 1030 g/mol. The molecule has 2 saturated carbocycles. The van der Waals surface area contributed by atoms with Crippen LogP contribution >= 0.6 is 0 Å². The summed E-state index contributed by atoms with van der Waals surface area (Å²) in [5.74, 6) is 0. The smallest absolute Gasteiger partial charge is 0.431 e. The monoisotopic (exact) mass is 1020 g/mol. The summed E-state index contributed by atoms with van der Waals surface area (Å²) in [6, 6.07) is -8.28. The number of aliphatic hydroxyl groups excluding tert-OH is 12. The number of nitrogens with two attached hydrogens (primary N) is 4. The molecule has 6 aliphatic rings. The Morgan fingerprint density at radius 3 is 1.14 bits per heavy atom. The highest BCUT2D eigenvalue weighted by Gasteiger charge is 2.63. The van der Waals surface area contributed by atoms with Crippen molar-refractivity contribution in [3.8, 4) is 0 Å². The highest BCUT2D eigenvalue weighted by Crippen LogP contribution is 2.41. The minimum absolute atomic E-state index is 0.811. The van der Waals surface area contributed by atoms with Gasteiger partial charge in [0, 0.05) is 0 Å². The average Bonchev–Trinajstić information content (AvgIpc) is 3.71. The van der Waals surface area contributed by atoms with Crippen molar-refractivity contribution in [3.63, 3.8) is 0 Å². The number of hydrogen-bond acceptors (Lipinski definition) is 31. The van der Waals surface area contributed by atoms with Gasteiger partial charge in [-0.2, -0.15) is 0 Å². The van der Waals surface area contributed by atoms with Crippen molar-refractivity contribution in [2.24, 2.45) is 22.9 Å². The van der Waals surface area contributed by atoms with Crippen LogP contribution < -0.4 is 33.6 Å². The summed E-state index contributed by atoms with van der Waals surface area (Å²) in [6.45, 7) is -1.25. The summed E-state index contributed by atoms with van der Waals surface area (Å²) in [4.78, 5) is 13.6. The molecule has 2 aliphatic carbocycles. The lowest BCUT2D eigenvalue weighted by Gasteiger charge is -2.46. The van der Waals surface area contributed by atoms with Crippen LogP contribution in [-0.4, -0.2) is 301 Å². The molecule has 4 aliphatic heterocycles. The Morgan fingerprint density at radius 2 is 0.829 bits per heavy atom. The van der Waals surface area contributed by atoms with Crippen molar-refractivity contribution in [2.45, 2.75) is 196 Å². The zero-order chi connectivity index (χ0) is 52.1. The number of ether oxygens (including phenoxy) is 10. The largest absolute Gasteiger partial charge is 0.508 e. The van der Waals surface area contributed by atoms with E-state index in [2.05, 4.69) is 10.6 Å². The van der Waals surface area contributed by atoms with E-state index in [-0.39, 0.29) is 0 Å². The topological polar surface area (TPSA) is 521 Å². The van der Waals surface area contributed by atoms with Gasteiger partial charge >= 0.3 is 6.16 Å². The molecule has 0 spiro atoms. The molecule has 0 aromatic rings. The van der Waals surface area contributed by atoms with E-state index in [0.29, 0.717) is 0 Å². The summed E-state index contributed by atoms with van der Waals surface area (Å²) < 4.78 is 58.2. The van der Waals surface area contributed by atoms with Gasteiger partial charge < -0.3 is 152 Å². The van der Waals surface area contributed by atoms with Gasteiger partial charge in [-0.1, -0.05) is 0 Å². The van der Waals surface area contributed by atoms with Crippen LogP contribution in [0, 0.1) is 0 Å². The second kappa shape index (κ2) is 23.0. The zero-order valence-corrected chi connectivity index (χ0v) is 38.6. The van der Waals surface area contributed by atoms with Crippen LogP contribution in [0.1, 0.15) is 13.8 Å². The normalized spacial score (nSPS) is 53.2. The van der Waals surface area contributed by atoms with Gasteiger partial charge in [-0.3, -0.25) is 0 Å². The van der Waals surface area contributed by atoms with Crippen molar-refractivity contribution in [3.05, 3.63) is 0 Å². The molecule has 30 atom stereocenters. The van der Waals surface area contributed by atoms with E-state index in [1.54, 1.807) is 0 Å². The van der Waals surface area contributed by atoms with E-state index in [1.165, 1.54) is 27.9 Å². The van der Waals surface area contributed by atoms with Crippen LogP contribution in [0.3, 0.4) is 0 Å². The molecule has 0 aromatic carbocycles.